The number of nitrogens with one attached hydrogen (secondary N) is 2. The van der Waals surface area contributed by atoms with Crippen LogP contribution in [0.3, 0.4) is 0 Å². The van der Waals surface area contributed by atoms with Gasteiger partial charge in [0.25, 0.3) is 0 Å². The number of unbranched alkanes of at least 4 members (excludes halogenated alkanes) is 1. The van der Waals surface area contributed by atoms with Crippen molar-refractivity contribution in [3.05, 3.63) is 70.8 Å². The monoisotopic (exact) mass is 551 g/mol. The second kappa shape index (κ2) is 15.4. The van der Waals surface area contributed by atoms with Gasteiger partial charge < -0.3 is 20.3 Å². The molecule has 3 unspecified atom stereocenters. The molecule has 0 aliphatic heterocycles. The van der Waals surface area contributed by atoms with Gasteiger partial charge in [-0.3, -0.25) is 9.59 Å². The van der Waals surface area contributed by atoms with Gasteiger partial charge in [-0.05, 0) is 76.6 Å². The summed E-state index contributed by atoms with van der Waals surface area (Å²) in [5.74, 6) is -0.521. The van der Waals surface area contributed by atoms with E-state index in [1.165, 1.54) is 0 Å². The van der Waals surface area contributed by atoms with Gasteiger partial charge in [-0.1, -0.05) is 75.2 Å². The number of benzene rings is 2. The third-order valence-electron chi connectivity index (χ3n) is 6.79. The Balaban J connectivity index is 2.60. The van der Waals surface area contributed by atoms with E-state index in [2.05, 4.69) is 24.5 Å². The molecule has 0 fully saturated rings. The predicted molar refractivity (Wildman–Crippen MR) is 161 cm³/mol. The molecule has 0 aromatic heterocycles. The Morgan fingerprint density at radius 2 is 1.52 bits per heavy atom. The number of rotatable bonds is 13. The van der Waals surface area contributed by atoms with E-state index in [9.17, 15) is 14.4 Å². The van der Waals surface area contributed by atoms with E-state index in [4.69, 9.17) is 4.74 Å². The average Bonchev–Trinajstić information content (AvgIpc) is 2.86. The molecule has 7 nitrogen and oxygen atoms in total. The third kappa shape index (κ3) is 10.00. The SMILES string of the molecule is CCCCN(C(=O)C(Cc1ccccc1)NC(=O)OC(C)(C)C)C(C(=O)NC(C)CCC)c1c(C)cccc1C. The van der Waals surface area contributed by atoms with E-state index in [0.29, 0.717) is 6.54 Å². The van der Waals surface area contributed by atoms with Gasteiger partial charge in [0.15, 0.2) is 0 Å². The van der Waals surface area contributed by atoms with Crippen molar-refractivity contribution in [2.75, 3.05) is 6.54 Å². The van der Waals surface area contributed by atoms with E-state index in [1.54, 1.807) is 25.7 Å². The van der Waals surface area contributed by atoms with Gasteiger partial charge >= 0.3 is 6.09 Å². The lowest BCUT2D eigenvalue weighted by Gasteiger charge is -2.36. The number of aryl methyl sites for hydroxylation is 2. The Morgan fingerprint density at radius 1 is 0.900 bits per heavy atom. The molecular weight excluding hydrogens is 502 g/mol. The van der Waals surface area contributed by atoms with Crippen molar-refractivity contribution in [1.82, 2.24) is 15.5 Å². The molecule has 3 amide bonds. The summed E-state index contributed by atoms with van der Waals surface area (Å²) in [6.07, 6.45) is 2.95. The average molecular weight is 552 g/mol. The molecule has 0 saturated heterocycles. The molecule has 0 spiro atoms. The summed E-state index contributed by atoms with van der Waals surface area (Å²) in [6.45, 7) is 15.8. The normalized spacial score (nSPS) is 13.6. The number of hydrogen-bond acceptors (Lipinski definition) is 4. The molecule has 2 aromatic rings. The maximum Gasteiger partial charge on any atom is 0.408 e. The van der Waals surface area contributed by atoms with Crippen molar-refractivity contribution in [2.45, 2.75) is 111 Å². The lowest BCUT2D eigenvalue weighted by molar-refractivity contribution is -0.142. The van der Waals surface area contributed by atoms with Gasteiger partial charge in [-0.2, -0.15) is 0 Å². The smallest absolute Gasteiger partial charge is 0.408 e. The predicted octanol–water partition coefficient (Wildman–Crippen LogP) is 6.41. The van der Waals surface area contributed by atoms with Crippen LogP contribution >= 0.6 is 0 Å². The van der Waals surface area contributed by atoms with Crippen LogP contribution in [0.5, 0.6) is 0 Å². The minimum atomic E-state index is -0.915. The van der Waals surface area contributed by atoms with Crippen molar-refractivity contribution in [3.63, 3.8) is 0 Å². The molecule has 0 aliphatic carbocycles. The lowest BCUT2D eigenvalue weighted by atomic mass is 9.92. The summed E-state index contributed by atoms with van der Waals surface area (Å²) in [5.41, 5.74) is 2.89. The second-order valence-electron chi connectivity index (χ2n) is 11.7. The molecule has 220 valence electrons. The fraction of sp³-hybridized carbons (Fsp3) is 0.545. The van der Waals surface area contributed by atoms with Gasteiger partial charge in [-0.15, -0.1) is 0 Å². The molecule has 40 heavy (non-hydrogen) atoms. The van der Waals surface area contributed by atoms with E-state index in [1.807, 2.05) is 69.3 Å². The minimum Gasteiger partial charge on any atom is -0.444 e. The molecular formula is C33H49N3O4. The number of amides is 3. The summed E-state index contributed by atoms with van der Waals surface area (Å²) in [5, 5.41) is 5.99. The summed E-state index contributed by atoms with van der Waals surface area (Å²) in [4.78, 5) is 43.1. The molecule has 7 heteroatoms. The number of hydrogen-bond donors (Lipinski definition) is 2. The minimum absolute atomic E-state index is 0.0348. The molecule has 0 saturated carbocycles. The molecule has 2 rings (SSSR count). The maximum atomic E-state index is 14.5. The van der Waals surface area contributed by atoms with Gasteiger partial charge in [-0.25, -0.2) is 4.79 Å². The number of nitrogens with zero attached hydrogens (tertiary/aromatic N) is 1. The molecule has 0 bridgehead atoms. The number of alkyl carbamates (subject to hydrolysis) is 1. The van der Waals surface area contributed by atoms with Crippen LogP contribution in [-0.4, -0.2) is 47.0 Å². The van der Waals surface area contributed by atoms with Crippen LogP contribution in [0.1, 0.15) is 95.5 Å². The van der Waals surface area contributed by atoms with E-state index >= 15 is 0 Å². The van der Waals surface area contributed by atoms with E-state index in [0.717, 1.165) is 47.9 Å². The van der Waals surface area contributed by atoms with Crippen LogP contribution in [-0.2, 0) is 20.7 Å². The number of ether oxygens (including phenoxy) is 1. The van der Waals surface area contributed by atoms with Crippen molar-refractivity contribution < 1.29 is 19.1 Å². The van der Waals surface area contributed by atoms with Crippen LogP contribution in [0.25, 0.3) is 0 Å². The Hall–Kier alpha value is -3.35. The zero-order valence-corrected chi connectivity index (χ0v) is 25.7. The topological polar surface area (TPSA) is 87.7 Å². The highest BCUT2D eigenvalue weighted by Crippen LogP contribution is 2.29. The fourth-order valence-corrected chi connectivity index (χ4v) is 4.91. The van der Waals surface area contributed by atoms with E-state index in [-0.39, 0.29) is 24.3 Å². The summed E-state index contributed by atoms with van der Waals surface area (Å²) in [6, 6.07) is 13.7. The van der Waals surface area contributed by atoms with Crippen LogP contribution < -0.4 is 10.6 Å². The molecule has 3 atom stereocenters. The molecule has 2 N–H and O–H groups in total. The highest BCUT2D eigenvalue weighted by Gasteiger charge is 2.37. The fourth-order valence-electron chi connectivity index (χ4n) is 4.91. The first-order valence-corrected chi connectivity index (χ1v) is 14.6. The standard InChI is InChI=1S/C33H49N3O4/c1-9-11-21-36(29(30(37)34-25(5)16-10-2)28-23(3)17-15-18-24(28)4)31(38)27(22-26-19-13-12-14-20-26)35-32(39)40-33(6,7)8/h12-15,17-20,25,27,29H,9-11,16,21-22H2,1-8H3,(H,34,37)(H,35,39). The lowest BCUT2D eigenvalue weighted by Crippen LogP contribution is -2.54. The van der Waals surface area contributed by atoms with Crippen molar-refractivity contribution >= 4 is 17.9 Å². The highest BCUT2D eigenvalue weighted by atomic mass is 16.6. The molecule has 0 radical (unpaired) electrons. The third-order valence-corrected chi connectivity index (χ3v) is 6.79. The van der Waals surface area contributed by atoms with Crippen molar-refractivity contribution in [3.8, 4) is 0 Å². The van der Waals surface area contributed by atoms with Gasteiger partial charge in [0.05, 0.1) is 0 Å². The molecule has 2 aromatic carbocycles. The van der Waals surface area contributed by atoms with Crippen LogP contribution in [0, 0.1) is 13.8 Å². The second-order valence-corrected chi connectivity index (χ2v) is 11.7. The van der Waals surface area contributed by atoms with Gasteiger partial charge in [0, 0.05) is 19.0 Å². The van der Waals surface area contributed by atoms with E-state index < -0.39 is 23.8 Å². The summed E-state index contributed by atoms with van der Waals surface area (Å²) < 4.78 is 5.53. The zero-order chi connectivity index (χ0) is 29.9. The Bertz CT molecular complexity index is 1090. The van der Waals surface area contributed by atoms with Crippen LogP contribution in [0.2, 0.25) is 0 Å². The summed E-state index contributed by atoms with van der Waals surface area (Å²) in [7, 11) is 0. The number of carbonyl (C=O) groups is 3. The number of carbonyl (C=O) groups excluding carboxylic acids is 3. The Labute approximate surface area is 241 Å². The van der Waals surface area contributed by atoms with Crippen molar-refractivity contribution in [2.24, 2.45) is 0 Å². The quantitative estimate of drug-likeness (QED) is 0.301. The molecule has 0 aliphatic rings. The maximum absolute atomic E-state index is 14.5. The first kappa shape index (κ1) is 32.9. The highest BCUT2D eigenvalue weighted by molar-refractivity contribution is 5.92. The molecule has 0 heterocycles. The van der Waals surface area contributed by atoms with Crippen LogP contribution in [0.15, 0.2) is 48.5 Å². The largest absolute Gasteiger partial charge is 0.444 e. The van der Waals surface area contributed by atoms with Crippen LogP contribution in [0.4, 0.5) is 4.79 Å². The Kier molecular flexibility index (Phi) is 12.7. The summed E-state index contributed by atoms with van der Waals surface area (Å²) >= 11 is 0. The Morgan fingerprint density at radius 3 is 2.08 bits per heavy atom. The van der Waals surface area contributed by atoms with Gasteiger partial charge in [0.2, 0.25) is 11.8 Å². The first-order valence-electron chi connectivity index (χ1n) is 14.6. The van der Waals surface area contributed by atoms with Gasteiger partial charge in [0.1, 0.15) is 17.7 Å². The van der Waals surface area contributed by atoms with Crippen molar-refractivity contribution in [1.29, 1.82) is 0 Å². The zero-order valence-electron chi connectivity index (χ0n) is 25.7. The first-order chi connectivity index (χ1) is 18.9.